The summed E-state index contributed by atoms with van der Waals surface area (Å²) < 4.78 is 5.60. The van der Waals surface area contributed by atoms with Crippen LogP contribution in [-0.2, 0) is 6.42 Å². The van der Waals surface area contributed by atoms with E-state index in [1.54, 1.807) is 35.6 Å². The van der Waals surface area contributed by atoms with Crippen molar-refractivity contribution >= 4 is 23.9 Å². The second-order valence-corrected chi connectivity index (χ2v) is 5.09. The molecule has 0 bridgehead atoms. The van der Waals surface area contributed by atoms with Gasteiger partial charge >= 0.3 is 7.12 Å². The maximum absolute atomic E-state index is 9.04. The molecular formula is C13H11BN2O3S. The van der Waals surface area contributed by atoms with E-state index in [2.05, 4.69) is 10.2 Å². The molecule has 2 heterocycles. The molecule has 3 rings (SSSR count). The average Bonchev–Trinajstić information content (AvgIpc) is 3.11. The summed E-state index contributed by atoms with van der Waals surface area (Å²) in [4.78, 5) is 0. The van der Waals surface area contributed by atoms with E-state index in [-0.39, 0.29) is 0 Å². The summed E-state index contributed by atoms with van der Waals surface area (Å²) in [6.45, 7) is 0. The molecule has 0 radical (unpaired) electrons. The predicted octanol–water partition coefficient (Wildman–Crippen LogP) is 1.07. The van der Waals surface area contributed by atoms with Crippen molar-refractivity contribution in [3.63, 3.8) is 0 Å². The molecule has 2 N–H and O–H groups in total. The van der Waals surface area contributed by atoms with E-state index in [1.807, 2.05) is 16.8 Å². The molecule has 3 aromatic rings. The van der Waals surface area contributed by atoms with Gasteiger partial charge in [0.25, 0.3) is 0 Å². The SMILES string of the molecule is OB(O)c1ccc(-c2nnc(Cc3ccsc3)o2)cc1. The van der Waals surface area contributed by atoms with E-state index in [1.165, 1.54) is 0 Å². The summed E-state index contributed by atoms with van der Waals surface area (Å²) >= 11 is 1.63. The van der Waals surface area contributed by atoms with Crippen LogP contribution in [0.25, 0.3) is 11.5 Å². The standard InChI is InChI=1S/C13H11BN2O3S/c17-14(18)11-3-1-10(2-4-11)13-16-15-12(19-13)7-9-5-6-20-8-9/h1-6,8,17-18H,7H2. The first kappa shape index (κ1) is 13.0. The van der Waals surface area contributed by atoms with E-state index >= 15 is 0 Å². The second-order valence-electron chi connectivity index (χ2n) is 4.31. The van der Waals surface area contributed by atoms with Crippen LogP contribution >= 0.6 is 11.3 Å². The van der Waals surface area contributed by atoms with Gasteiger partial charge in [0.15, 0.2) is 0 Å². The third-order valence-corrected chi connectivity index (χ3v) is 3.59. The number of nitrogens with zero attached hydrogens (tertiary/aromatic N) is 2. The Morgan fingerprint density at radius 3 is 2.55 bits per heavy atom. The molecule has 0 saturated carbocycles. The molecule has 0 aliphatic heterocycles. The second kappa shape index (κ2) is 5.58. The predicted molar refractivity (Wildman–Crippen MR) is 76.7 cm³/mol. The zero-order valence-corrected chi connectivity index (χ0v) is 11.2. The lowest BCUT2D eigenvalue weighted by Crippen LogP contribution is -2.29. The highest BCUT2D eigenvalue weighted by Crippen LogP contribution is 2.18. The van der Waals surface area contributed by atoms with Gasteiger partial charge in [-0.3, -0.25) is 0 Å². The van der Waals surface area contributed by atoms with Crippen molar-refractivity contribution in [2.75, 3.05) is 0 Å². The van der Waals surface area contributed by atoms with Crippen LogP contribution in [0.3, 0.4) is 0 Å². The van der Waals surface area contributed by atoms with Gasteiger partial charge in [-0.05, 0) is 40.0 Å². The Bertz CT molecular complexity index is 680. The third-order valence-electron chi connectivity index (χ3n) is 2.86. The molecule has 7 heteroatoms. The first-order valence-electron chi connectivity index (χ1n) is 6.02. The fourth-order valence-electron chi connectivity index (χ4n) is 1.81. The Labute approximate surface area is 119 Å². The minimum absolute atomic E-state index is 0.423. The number of hydrogen-bond acceptors (Lipinski definition) is 6. The minimum atomic E-state index is -1.47. The fraction of sp³-hybridized carbons (Fsp3) is 0.0769. The minimum Gasteiger partial charge on any atom is -0.423 e. The molecule has 20 heavy (non-hydrogen) atoms. The lowest BCUT2D eigenvalue weighted by molar-refractivity contribution is 0.426. The van der Waals surface area contributed by atoms with Gasteiger partial charge in [-0.25, -0.2) is 0 Å². The number of rotatable bonds is 4. The van der Waals surface area contributed by atoms with Crippen molar-refractivity contribution in [2.24, 2.45) is 0 Å². The highest BCUT2D eigenvalue weighted by molar-refractivity contribution is 7.07. The van der Waals surface area contributed by atoms with Crippen molar-refractivity contribution in [2.45, 2.75) is 6.42 Å². The number of thiophene rings is 1. The molecule has 0 spiro atoms. The number of benzene rings is 1. The fourth-order valence-corrected chi connectivity index (χ4v) is 2.48. The van der Waals surface area contributed by atoms with Crippen molar-refractivity contribution < 1.29 is 14.5 Å². The normalized spacial score (nSPS) is 10.7. The Balaban J connectivity index is 1.79. The third kappa shape index (κ3) is 2.80. The largest absolute Gasteiger partial charge is 0.488 e. The molecule has 0 fully saturated rings. The van der Waals surface area contributed by atoms with Gasteiger partial charge in [-0.1, -0.05) is 12.1 Å². The molecule has 0 aliphatic rings. The van der Waals surface area contributed by atoms with E-state index in [9.17, 15) is 0 Å². The summed E-state index contributed by atoms with van der Waals surface area (Å²) in [6.07, 6.45) is 0.615. The summed E-state index contributed by atoms with van der Waals surface area (Å²) in [6, 6.07) is 8.69. The summed E-state index contributed by atoms with van der Waals surface area (Å²) in [5.74, 6) is 0.985. The Morgan fingerprint density at radius 1 is 1.10 bits per heavy atom. The first-order valence-corrected chi connectivity index (χ1v) is 6.96. The summed E-state index contributed by atoms with van der Waals surface area (Å²) in [7, 11) is -1.47. The quantitative estimate of drug-likeness (QED) is 0.701. The topological polar surface area (TPSA) is 79.4 Å². The van der Waals surface area contributed by atoms with Crippen LogP contribution in [0.5, 0.6) is 0 Å². The van der Waals surface area contributed by atoms with E-state index in [4.69, 9.17) is 14.5 Å². The van der Waals surface area contributed by atoms with Gasteiger partial charge in [0.2, 0.25) is 11.8 Å². The van der Waals surface area contributed by atoms with Crippen molar-refractivity contribution in [3.8, 4) is 11.5 Å². The van der Waals surface area contributed by atoms with Crippen LogP contribution in [0, 0.1) is 0 Å². The molecule has 0 unspecified atom stereocenters. The van der Waals surface area contributed by atoms with Gasteiger partial charge in [0.1, 0.15) is 0 Å². The number of aromatic nitrogens is 2. The van der Waals surface area contributed by atoms with Crippen LogP contribution in [-0.4, -0.2) is 27.4 Å². The Kier molecular flexibility index (Phi) is 3.64. The zero-order chi connectivity index (χ0) is 13.9. The molecule has 0 atom stereocenters. The molecule has 1 aromatic carbocycles. The highest BCUT2D eigenvalue weighted by Gasteiger charge is 2.13. The molecule has 2 aromatic heterocycles. The van der Waals surface area contributed by atoms with Crippen LogP contribution in [0.2, 0.25) is 0 Å². The molecule has 0 saturated heterocycles. The molecular weight excluding hydrogens is 275 g/mol. The molecule has 0 amide bonds. The Morgan fingerprint density at radius 2 is 1.90 bits per heavy atom. The van der Waals surface area contributed by atoms with Gasteiger partial charge in [0, 0.05) is 5.56 Å². The number of hydrogen-bond donors (Lipinski definition) is 2. The van der Waals surface area contributed by atoms with Crippen LogP contribution < -0.4 is 5.46 Å². The van der Waals surface area contributed by atoms with Crippen LogP contribution in [0.15, 0.2) is 45.5 Å². The first-order chi connectivity index (χ1) is 9.72. The molecule has 5 nitrogen and oxygen atoms in total. The van der Waals surface area contributed by atoms with E-state index < -0.39 is 7.12 Å². The van der Waals surface area contributed by atoms with Crippen LogP contribution in [0.4, 0.5) is 0 Å². The highest BCUT2D eigenvalue weighted by atomic mass is 32.1. The average molecular weight is 286 g/mol. The molecule has 100 valence electrons. The van der Waals surface area contributed by atoms with E-state index in [0.29, 0.717) is 23.7 Å². The smallest absolute Gasteiger partial charge is 0.423 e. The monoisotopic (exact) mass is 286 g/mol. The van der Waals surface area contributed by atoms with Gasteiger partial charge in [-0.15, -0.1) is 10.2 Å². The van der Waals surface area contributed by atoms with E-state index in [0.717, 1.165) is 11.1 Å². The zero-order valence-electron chi connectivity index (χ0n) is 10.4. The van der Waals surface area contributed by atoms with Crippen molar-refractivity contribution in [3.05, 3.63) is 52.5 Å². The Hall–Kier alpha value is -1.96. The lowest BCUT2D eigenvalue weighted by atomic mass is 9.80. The summed E-state index contributed by atoms with van der Waals surface area (Å²) in [5.41, 5.74) is 2.31. The van der Waals surface area contributed by atoms with Gasteiger partial charge < -0.3 is 14.5 Å². The van der Waals surface area contributed by atoms with Crippen molar-refractivity contribution in [1.82, 2.24) is 10.2 Å². The summed E-state index contributed by atoms with van der Waals surface area (Å²) in [5, 5.41) is 30.1. The van der Waals surface area contributed by atoms with Gasteiger partial charge in [0.05, 0.1) is 6.42 Å². The maximum atomic E-state index is 9.04. The lowest BCUT2D eigenvalue weighted by Gasteiger charge is -1.99. The van der Waals surface area contributed by atoms with Gasteiger partial charge in [-0.2, -0.15) is 11.3 Å². The van der Waals surface area contributed by atoms with Crippen LogP contribution in [0.1, 0.15) is 11.5 Å². The maximum Gasteiger partial charge on any atom is 0.488 e. The molecule has 0 aliphatic carbocycles. The van der Waals surface area contributed by atoms with Crippen molar-refractivity contribution in [1.29, 1.82) is 0 Å².